The van der Waals surface area contributed by atoms with E-state index >= 15 is 0 Å². The Hall–Kier alpha value is -1.18. The van der Waals surface area contributed by atoms with E-state index in [9.17, 15) is 19.8 Å². The van der Waals surface area contributed by atoms with Crippen LogP contribution < -0.4 is 11.1 Å². The molecule has 0 aromatic carbocycles. The van der Waals surface area contributed by atoms with Crippen LogP contribution in [0.25, 0.3) is 0 Å². The number of Topliss-reactive ketones (excluding diaryl/α,β-unsaturated/α-hetero) is 1. The highest BCUT2D eigenvalue weighted by atomic mass is 16.7. The van der Waals surface area contributed by atoms with Crippen molar-refractivity contribution in [3.8, 4) is 0 Å². The number of ether oxygens (including phenoxy) is 5. The number of nitrogens with two attached hydrogens (primary N) is 1. The summed E-state index contributed by atoms with van der Waals surface area (Å²) < 4.78 is 26.6. The maximum Gasteiger partial charge on any atom is 0.246 e. The fourth-order valence-corrected chi connectivity index (χ4v) is 2.93. The van der Waals surface area contributed by atoms with Crippen LogP contribution >= 0.6 is 0 Å². The molecule has 1 aliphatic heterocycles. The summed E-state index contributed by atoms with van der Waals surface area (Å²) >= 11 is 0. The zero-order valence-corrected chi connectivity index (χ0v) is 18.7. The zero-order chi connectivity index (χ0) is 23.2. The minimum absolute atomic E-state index is 0.0240. The van der Waals surface area contributed by atoms with Crippen molar-refractivity contribution < 1.29 is 43.5 Å². The van der Waals surface area contributed by atoms with Crippen molar-refractivity contribution in [3.63, 3.8) is 0 Å². The van der Waals surface area contributed by atoms with Crippen LogP contribution in [0.15, 0.2) is 0 Å². The van der Waals surface area contributed by atoms with E-state index in [1.807, 2.05) is 0 Å². The third-order valence-corrected chi connectivity index (χ3v) is 4.97. The van der Waals surface area contributed by atoms with Crippen molar-refractivity contribution in [1.29, 1.82) is 0 Å². The number of nitrogens with one attached hydrogen (secondary N) is 1. The molecular formula is C20H38N2O9. The number of aliphatic hydroxyl groups excluding tert-OH is 2. The molecule has 0 saturated carbocycles. The Bertz CT molecular complexity index is 519. The number of amides is 1. The predicted molar refractivity (Wildman–Crippen MR) is 110 cm³/mol. The minimum Gasteiger partial charge on any atom is -0.390 e. The molecule has 0 aliphatic carbocycles. The van der Waals surface area contributed by atoms with Crippen molar-refractivity contribution in [1.82, 2.24) is 5.32 Å². The van der Waals surface area contributed by atoms with Crippen molar-refractivity contribution in [2.45, 2.75) is 57.3 Å². The van der Waals surface area contributed by atoms with Crippen LogP contribution in [-0.4, -0.2) is 106 Å². The number of ketones is 1. The number of hydrogen-bond acceptors (Lipinski definition) is 10. The van der Waals surface area contributed by atoms with E-state index in [4.69, 9.17) is 29.4 Å². The molecule has 1 rings (SSSR count). The summed E-state index contributed by atoms with van der Waals surface area (Å²) in [4.78, 5) is 23.1. The van der Waals surface area contributed by atoms with Crippen molar-refractivity contribution in [3.05, 3.63) is 0 Å². The largest absolute Gasteiger partial charge is 0.390 e. The van der Waals surface area contributed by atoms with E-state index in [0.29, 0.717) is 45.8 Å². The van der Waals surface area contributed by atoms with E-state index in [1.54, 1.807) is 13.8 Å². The second kappa shape index (κ2) is 15.6. The molecule has 5 N–H and O–H groups in total. The lowest BCUT2D eigenvalue weighted by atomic mass is 9.91. The van der Waals surface area contributed by atoms with Gasteiger partial charge in [0.2, 0.25) is 5.91 Å². The van der Waals surface area contributed by atoms with Gasteiger partial charge < -0.3 is 44.9 Å². The topological polar surface area (TPSA) is 159 Å². The molecule has 1 heterocycles. The molecule has 1 fully saturated rings. The average molecular weight is 451 g/mol. The maximum atomic E-state index is 11.8. The zero-order valence-electron chi connectivity index (χ0n) is 18.7. The standard InChI is InChI=1S/C20H38N2O9/c1-13-16(31-20(27-3)19(26)18(13)25)11-30-12-17(24)22-6-8-29-10-9-28-7-4-5-15(23)14(2)21/h13-14,16,18-20,25-26H,4-12,21H2,1-3H3,(H,22,24)/t13-,14?,16?,18+,19?,20-/m1/s1. The minimum atomic E-state index is -1.13. The van der Waals surface area contributed by atoms with Crippen LogP contribution in [0.3, 0.4) is 0 Å². The highest BCUT2D eigenvalue weighted by molar-refractivity contribution is 5.83. The van der Waals surface area contributed by atoms with Gasteiger partial charge in [0.05, 0.1) is 44.7 Å². The molecule has 1 saturated heterocycles. The number of carbonyl (C=O) groups is 2. The van der Waals surface area contributed by atoms with Gasteiger partial charge in [0.1, 0.15) is 18.5 Å². The number of aliphatic hydroxyl groups is 2. The summed E-state index contributed by atoms with van der Waals surface area (Å²) in [7, 11) is 1.38. The molecule has 0 bridgehead atoms. The van der Waals surface area contributed by atoms with Gasteiger partial charge in [0.15, 0.2) is 6.29 Å². The summed E-state index contributed by atoms with van der Waals surface area (Å²) in [5.41, 5.74) is 5.48. The molecular weight excluding hydrogens is 412 g/mol. The van der Waals surface area contributed by atoms with E-state index < -0.39 is 30.6 Å². The summed E-state index contributed by atoms with van der Waals surface area (Å²) in [6.07, 6.45) is -2.53. The van der Waals surface area contributed by atoms with Gasteiger partial charge in [-0.1, -0.05) is 6.92 Å². The number of hydrogen-bond donors (Lipinski definition) is 4. The fraction of sp³-hybridized carbons (Fsp3) is 0.900. The Labute approximate surface area is 183 Å². The van der Waals surface area contributed by atoms with Crippen LogP contribution in [0, 0.1) is 5.92 Å². The Balaban J connectivity index is 2.00. The first-order valence-corrected chi connectivity index (χ1v) is 10.6. The van der Waals surface area contributed by atoms with E-state index in [-0.39, 0.29) is 30.8 Å². The quantitative estimate of drug-likeness (QED) is 0.206. The van der Waals surface area contributed by atoms with Crippen LogP contribution in [0.2, 0.25) is 0 Å². The Morgan fingerprint density at radius 2 is 1.77 bits per heavy atom. The molecule has 0 aromatic heterocycles. The molecule has 6 atom stereocenters. The van der Waals surface area contributed by atoms with Crippen LogP contribution in [0.1, 0.15) is 26.7 Å². The van der Waals surface area contributed by atoms with E-state index in [2.05, 4.69) is 5.32 Å². The number of rotatable bonds is 16. The van der Waals surface area contributed by atoms with E-state index in [0.717, 1.165) is 0 Å². The Kier molecular flexibility index (Phi) is 14.0. The fourth-order valence-electron chi connectivity index (χ4n) is 2.93. The van der Waals surface area contributed by atoms with Gasteiger partial charge in [-0.05, 0) is 13.3 Å². The Morgan fingerprint density at radius 1 is 1.10 bits per heavy atom. The summed E-state index contributed by atoms with van der Waals surface area (Å²) in [6.45, 7) is 5.26. The summed E-state index contributed by atoms with van der Waals surface area (Å²) in [5, 5.41) is 22.5. The summed E-state index contributed by atoms with van der Waals surface area (Å²) in [6, 6.07) is -0.432. The third kappa shape index (κ3) is 10.8. The maximum absolute atomic E-state index is 11.8. The van der Waals surface area contributed by atoms with Gasteiger partial charge in [0.25, 0.3) is 0 Å². The molecule has 0 spiro atoms. The van der Waals surface area contributed by atoms with Crippen molar-refractivity contribution in [2.75, 3.05) is 53.3 Å². The number of methoxy groups -OCH3 is 1. The first-order chi connectivity index (χ1) is 14.8. The molecule has 31 heavy (non-hydrogen) atoms. The predicted octanol–water partition coefficient (Wildman–Crippen LogP) is -1.42. The first kappa shape index (κ1) is 27.9. The molecule has 11 heteroatoms. The molecule has 0 radical (unpaired) electrons. The van der Waals surface area contributed by atoms with Gasteiger partial charge in [-0.25, -0.2) is 0 Å². The Morgan fingerprint density at radius 3 is 2.42 bits per heavy atom. The van der Waals surface area contributed by atoms with Gasteiger partial charge in [-0.2, -0.15) is 0 Å². The lowest BCUT2D eigenvalue weighted by Crippen LogP contribution is -2.55. The van der Waals surface area contributed by atoms with E-state index in [1.165, 1.54) is 7.11 Å². The average Bonchev–Trinajstić information content (AvgIpc) is 2.74. The molecule has 182 valence electrons. The van der Waals surface area contributed by atoms with Gasteiger partial charge in [-0.3, -0.25) is 9.59 Å². The van der Waals surface area contributed by atoms with Crippen molar-refractivity contribution in [2.24, 2.45) is 11.7 Å². The monoisotopic (exact) mass is 450 g/mol. The second-order valence-corrected chi connectivity index (χ2v) is 7.57. The smallest absolute Gasteiger partial charge is 0.246 e. The molecule has 1 amide bonds. The first-order valence-electron chi connectivity index (χ1n) is 10.6. The van der Waals surface area contributed by atoms with Gasteiger partial charge in [0, 0.05) is 32.6 Å². The third-order valence-electron chi connectivity index (χ3n) is 4.97. The SMILES string of the molecule is CO[C@@H]1OC(COCC(=O)NCCOCCOCCCC(=O)C(C)N)[C@@H](C)[C@H](O)C1O. The molecule has 11 nitrogen and oxygen atoms in total. The summed E-state index contributed by atoms with van der Waals surface area (Å²) in [5.74, 6) is -0.647. The lowest BCUT2D eigenvalue weighted by molar-refractivity contribution is -0.282. The molecule has 3 unspecified atom stereocenters. The van der Waals surface area contributed by atoms with Gasteiger partial charge >= 0.3 is 0 Å². The van der Waals surface area contributed by atoms with Crippen molar-refractivity contribution >= 4 is 11.7 Å². The highest BCUT2D eigenvalue weighted by Gasteiger charge is 2.42. The molecule has 0 aromatic rings. The van der Waals surface area contributed by atoms with Crippen LogP contribution in [-0.2, 0) is 33.3 Å². The number of carbonyl (C=O) groups excluding carboxylic acids is 2. The van der Waals surface area contributed by atoms with Crippen LogP contribution in [0.4, 0.5) is 0 Å². The van der Waals surface area contributed by atoms with Crippen LogP contribution in [0.5, 0.6) is 0 Å². The normalized spacial score (nSPS) is 27.1. The van der Waals surface area contributed by atoms with Gasteiger partial charge in [-0.15, -0.1) is 0 Å². The lowest BCUT2D eigenvalue weighted by Gasteiger charge is -2.40. The highest BCUT2D eigenvalue weighted by Crippen LogP contribution is 2.26. The molecule has 1 aliphatic rings. The second-order valence-electron chi connectivity index (χ2n) is 7.57.